The number of halogens is 1. The highest BCUT2D eigenvalue weighted by molar-refractivity contribution is 6.17. The average Bonchev–Trinajstić information content (AvgIpc) is 2.91. The van der Waals surface area contributed by atoms with Crippen molar-refractivity contribution in [3.63, 3.8) is 0 Å². The van der Waals surface area contributed by atoms with E-state index >= 15 is 0 Å². The van der Waals surface area contributed by atoms with Crippen molar-refractivity contribution >= 4 is 11.6 Å². The van der Waals surface area contributed by atoms with Gasteiger partial charge in [0.05, 0.1) is 0 Å². The van der Waals surface area contributed by atoms with E-state index in [1.807, 2.05) is 18.2 Å². The van der Waals surface area contributed by atoms with Gasteiger partial charge in [0.1, 0.15) is 5.75 Å². The molecule has 2 rings (SSSR count). The summed E-state index contributed by atoms with van der Waals surface area (Å²) in [5.41, 5.74) is 1.25. The molecule has 1 aromatic carbocycles. The molecule has 2 aromatic rings. The van der Waals surface area contributed by atoms with Gasteiger partial charge in [-0.05, 0) is 30.0 Å². The molecule has 0 fully saturated rings. The lowest BCUT2D eigenvalue weighted by molar-refractivity contribution is 0.258. The molecule has 0 saturated heterocycles. The van der Waals surface area contributed by atoms with Crippen molar-refractivity contribution in [2.24, 2.45) is 0 Å². The maximum atomic E-state index is 5.68. The first-order chi connectivity index (χ1) is 9.69. The smallest absolute Gasteiger partial charge is 0.253 e. The van der Waals surface area contributed by atoms with Crippen LogP contribution in [0.2, 0.25) is 0 Å². The van der Waals surface area contributed by atoms with Crippen LogP contribution in [0.5, 0.6) is 5.75 Å². The highest BCUT2D eigenvalue weighted by Gasteiger charge is 2.07. The molecule has 1 aromatic heterocycles. The molecule has 4 nitrogen and oxygen atoms in total. The summed E-state index contributed by atoms with van der Waals surface area (Å²) in [5.74, 6) is 2.99. The minimum atomic E-state index is 0.287. The highest BCUT2D eigenvalue weighted by atomic mass is 35.5. The van der Waals surface area contributed by atoms with Gasteiger partial charge in [-0.3, -0.25) is 0 Å². The molecule has 20 heavy (non-hydrogen) atoms. The average molecular weight is 295 g/mol. The zero-order chi connectivity index (χ0) is 14.4. The first-order valence-corrected chi connectivity index (χ1v) is 7.32. The Balaban J connectivity index is 1.91. The van der Waals surface area contributed by atoms with E-state index < -0.39 is 0 Å². The Hall–Kier alpha value is -1.55. The van der Waals surface area contributed by atoms with Crippen LogP contribution in [0.4, 0.5) is 0 Å². The standard InChI is InChI=1S/C15H19ClN2O2/c1-11(2)12-5-3-6-13(9-12)19-10-15-18-17-14(20-15)7-4-8-16/h3,5-6,9,11H,4,7-8,10H2,1-2H3. The topological polar surface area (TPSA) is 48.2 Å². The normalized spacial score (nSPS) is 11.0. The first kappa shape index (κ1) is 14.9. The van der Waals surface area contributed by atoms with Crippen molar-refractivity contribution in [3.05, 3.63) is 41.6 Å². The fourth-order valence-electron chi connectivity index (χ4n) is 1.77. The third-order valence-corrected chi connectivity index (χ3v) is 3.19. The molecule has 0 saturated carbocycles. The van der Waals surface area contributed by atoms with Crippen molar-refractivity contribution in [3.8, 4) is 5.75 Å². The second-order valence-corrected chi connectivity index (χ2v) is 5.28. The molecule has 5 heteroatoms. The number of benzene rings is 1. The number of aromatic nitrogens is 2. The fourth-order valence-corrected chi connectivity index (χ4v) is 1.91. The van der Waals surface area contributed by atoms with Crippen LogP contribution in [-0.2, 0) is 13.0 Å². The molecule has 0 aliphatic rings. The van der Waals surface area contributed by atoms with Crippen molar-refractivity contribution < 1.29 is 9.15 Å². The van der Waals surface area contributed by atoms with E-state index in [1.54, 1.807) is 0 Å². The molecule has 0 unspecified atom stereocenters. The summed E-state index contributed by atoms with van der Waals surface area (Å²) in [7, 11) is 0. The van der Waals surface area contributed by atoms with Crippen LogP contribution in [0.15, 0.2) is 28.7 Å². The number of hydrogen-bond acceptors (Lipinski definition) is 4. The second-order valence-electron chi connectivity index (χ2n) is 4.90. The number of rotatable bonds is 7. The second kappa shape index (κ2) is 7.29. The van der Waals surface area contributed by atoms with Crippen LogP contribution in [0, 0.1) is 0 Å². The van der Waals surface area contributed by atoms with Crippen molar-refractivity contribution in [2.45, 2.75) is 39.2 Å². The Morgan fingerprint density at radius 3 is 2.80 bits per heavy atom. The summed E-state index contributed by atoms with van der Waals surface area (Å²) in [6.45, 7) is 4.59. The monoisotopic (exact) mass is 294 g/mol. The maximum absolute atomic E-state index is 5.68. The van der Waals surface area contributed by atoms with Gasteiger partial charge in [0.25, 0.3) is 5.89 Å². The van der Waals surface area contributed by atoms with Gasteiger partial charge < -0.3 is 9.15 Å². The predicted molar refractivity (Wildman–Crippen MR) is 78.2 cm³/mol. The van der Waals surface area contributed by atoms with E-state index in [4.69, 9.17) is 20.8 Å². The number of nitrogens with zero attached hydrogens (tertiary/aromatic N) is 2. The minimum absolute atomic E-state index is 0.287. The lowest BCUT2D eigenvalue weighted by Gasteiger charge is -2.08. The zero-order valence-electron chi connectivity index (χ0n) is 11.8. The van der Waals surface area contributed by atoms with E-state index in [9.17, 15) is 0 Å². The van der Waals surface area contributed by atoms with E-state index in [2.05, 4.69) is 30.1 Å². The summed E-state index contributed by atoms with van der Waals surface area (Å²) in [6, 6.07) is 8.05. The van der Waals surface area contributed by atoms with Crippen LogP contribution in [-0.4, -0.2) is 16.1 Å². The molecular weight excluding hydrogens is 276 g/mol. The van der Waals surface area contributed by atoms with E-state index in [-0.39, 0.29) is 6.61 Å². The quantitative estimate of drug-likeness (QED) is 0.726. The van der Waals surface area contributed by atoms with E-state index in [0.29, 0.717) is 30.0 Å². The van der Waals surface area contributed by atoms with Gasteiger partial charge in [-0.2, -0.15) is 0 Å². The highest BCUT2D eigenvalue weighted by Crippen LogP contribution is 2.20. The molecule has 0 spiro atoms. The van der Waals surface area contributed by atoms with Gasteiger partial charge in [0.15, 0.2) is 6.61 Å². The van der Waals surface area contributed by atoms with E-state index in [0.717, 1.165) is 12.2 Å². The Bertz CT molecular complexity index is 540. The van der Waals surface area contributed by atoms with Gasteiger partial charge in [-0.25, -0.2) is 0 Å². The molecule has 108 valence electrons. The van der Waals surface area contributed by atoms with E-state index in [1.165, 1.54) is 5.56 Å². The Morgan fingerprint density at radius 1 is 1.25 bits per heavy atom. The van der Waals surface area contributed by atoms with Crippen molar-refractivity contribution in [2.75, 3.05) is 5.88 Å². The molecule has 0 aliphatic heterocycles. The molecule has 0 N–H and O–H groups in total. The summed E-state index contributed by atoms with van der Waals surface area (Å²) in [4.78, 5) is 0. The Labute approximate surface area is 124 Å². The predicted octanol–water partition coefficient (Wildman–Crippen LogP) is 3.94. The van der Waals surface area contributed by atoms with Crippen molar-refractivity contribution in [1.29, 1.82) is 0 Å². The van der Waals surface area contributed by atoms with Crippen LogP contribution < -0.4 is 4.74 Å². The molecule has 0 atom stereocenters. The molecule has 0 aliphatic carbocycles. The summed E-state index contributed by atoms with van der Waals surface area (Å²) >= 11 is 5.63. The van der Waals surface area contributed by atoms with Crippen LogP contribution in [0.25, 0.3) is 0 Å². The largest absolute Gasteiger partial charge is 0.484 e. The fraction of sp³-hybridized carbons (Fsp3) is 0.467. The van der Waals surface area contributed by atoms with Gasteiger partial charge in [0.2, 0.25) is 5.89 Å². The Morgan fingerprint density at radius 2 is 2.05 bits per heavy atom. The van der Waals surface area contributed by atoms with Crippen LogP contribution >= 0.6 is 11.6 Å². The number of hydrogen-bond donors (Lipinski definition) is 0. The maximum Gasteiger partial charge on any atom is 0.253 e. The van der Waals surface area contributed by atoms with Gasteiger partial charge >= 0.3 is 0 Å². The summed E-state index contributed by atoms with van der Waals surface area (Å²) < 4.78 is 11.2. The third kappa shape index (κ3) is 4.23. The molecule has 1 heterocycles. The number of ether oxygens (including phenoxy) is 1. The van der Waals surface area contributed by atoms with Crippen LogP contribution in [0.1, 0.15) is 43.5 Å². The van der Waals surface area contributed by atoms with Gasteiger partial charge in [-0.1, -0.05) is 26.0 Å². The van der Waals surface area contributed by atoms with Gasteiger partial charge in [0, 0.05) is 12.3 Å². The van der Waals surface area contributed by atoms with Gasteiger partial charge in [-0.15, -0.1) is 21.8 Å². The third-order valence-electron chi connectivity index (χ3n) is 2.92. The van der Waals surface area contributed by atoms with Crippen LogP contribution in [0.3, 0.4) is 0 Å². The number of alkyl halides is 1. The SMILES string of the molecule is CC(C)c1cccc(OCc2nnc(CCCCl)o2)c1. The first-order valence-electron chi connectivity index (χ1n) is 6.79. The molecule has 0 radical (unpaired) electrons. The summed E-state index contributed by atoms with van der Waals surface area (Å²) in [5, 5.41) is 7.91. The summed E-state index contributed by atoms with van der Waals surface area (Å²) in [6.07, 6.45) is 1.54. The Kier molecular flexibility index (Phi) is 5.41. The molecule has 0 amide bonds. The minimum Gasteiger partial charge on any atom is -0.484 e. The molecule has 0 bridgehead atoms. The number of aryl methyl sites for hydroxylation is 1. The van der Waals surface area contributed by atoms with Crippen molar-refractivity contribution in [1.82, 2.24) is 10.2 Å². The molecular formula is C15H19ClN2O2. The lowest BCUT2D eigenvalue weighted by atomic mass is 10.0. The zero-order valence-corrected chi connectivity index (χ0v) is 12.6. The lowest BCUT2D eigenvalue weighted by Crippen LogP contribution is -1.97.